The number of allylic oxidation sites excluding steroid dienone is 2. The van der Waals surface area contributed by atoms with Gasteiger partial charge in [0.2, 0.25) is 5.78 Å². The van der Waals surface area contributed by atoms with Crippen molar-refractivity contribution in [3.63, 3.8) is 0 Å². The number of benzene rings is 1. The molecule has 2 heteroatoms. The van der Waals surface area contributed by atoms with Gasteiger partial charge in [-0.3, -0.25) is 4.79 Å². The predicted molar refractivity (Wildman–Crippen MR) is 54.9 cm³/mol. The molecule has 0 unspecified atom stereocenters. The number of carbonyl (C=O) groups excluding carboxylic acids is 1. The fourth-order valence-corrected chi connectivity index (χ4v) is 1.09. The van der Waals surface area contributed by atoms with Crippen molar-refractivity contribution in [1.29, 1.82) is 0 Å². The van der Waals surface area contributed by atoms with Crippen molar-refractivity contribution in [3.8, 4) is 0 Å². The normalized spacial score (nSPS) is 11.4. The van der Waals surface area contributed by atoms with Crippen LogP contribution < -0.4 is 0 Å². The third kappa shape index (κ3) is 2.80. The molecule has 14 heavy (non-hydrogen) atoms. The molecule has 0 aliphatic carbocycles. The van der Waals surface area contributed by atoms with Crippen LogP contribution in [0.15, 0.2) is 42.2 Å². The standard InChI is InChI=1S/C12H13FO/c1-2-3-9-11(13)12(14)10-7-5-4-6-8-10/h4-9H,2-3H2,1H3/b11-9+. The molecule has 1 nitrogen and oxygen atoms in total. The number of unbranched alkanes of at least 4 members (excludes halogenated alkanes) is 1. The molecule has 1 aromatic rings. The number of carbonyl (C=O) groups is 1. The predicted octanol–water partition coefficient (Wildman–Crippen LogP) is 3.52. The van der Waals surface area contributed by atoms with E-state index < -0.39 is 11.6 Å². The van der Waals surface area contributed by atoms with Crippen LogP contribution in [-0.4, -0.2) is 5.78 Å². The van der Waals surface area contributed by atoms with E-state index in [0.29, 0.717) is 12.0 Å². The molecule has 0 radical (unpaired) electrons. The summed E-state index contributed by atoms with van der Waals surface area (Å²) in [6.45, 7) is 1.94. The average Bonchev–Trinajstić information content (AvgIpc) is 2.26. The molecule has 0 amide bonds. The number of halogens is 1. The van der Waals surface area contributed by atoms with E-state index in [-0.39, 0.29) is 0 Å². The molecule has 0 N–H and O–H groups in total. The number of ketones is 1. The SMILES string of the molecule is CCC/C=C(/F)C(=O)c1ccccc1. The van der Waals surface area contributed by atoms with Gasteiger partial charge in [-0.05, 0) is 12.5 Å². The summed E-state index contributed by atoms with van der Waals surface area (Å²) in [6, 6.07) is 8.47. The van der Waals surface area contributed by atoms with E-state index in [1.807, 2.05) is 6.92 Å². The Hall–Kier alpha value is -1.44. The van der Waals surface area contributed by atoms with Crippen molar-refractivity contribution >= 4 is 5.78 Å². The van der Waals surface area contributed by atoms with Crippen LogP contribution in [0, 0.1) is 0 Å². The largest absolute Gasteiger partial charge is 0.286 e. The van der Waals surface area contributed by atoms with Crippen LogP contribution in [0.5, 0.6) is 0 Å². The number of hydrogen-bond donors (Lipinski definition) is 0. The number of Topliss-reactive ketones (excluding diaryl/α,β-unsaturated/α-hetero) is 1. The van der Waals surface area contributed by atoms with E-state index >= 15 is 0 Å². The topological polar surface area (TPSA) is 17.1 Å². The Morgan fingerprint density at radius 1 is 1.36 bits per heavy atom. The maximum Gasteiger partial charge on any atom is 0.221 e. The van der Waals surface area contributed by atoms with Gasteiger partial charge in [-0.1, -0.05) is 43.7 Å². The Morgan fingerprint density at radius 3 is 2.57 bits per heavy atom. The van der Waals surface area contributed by atoms with Crippen molar-refractivity contribution in [2.45, 2.75) is 19.8 Å². The molecule has 0 spiro atoms. The molecule has 0 fully saturated rings. The van der Waals surface area contributed by atoms with Crippen LogP contribution >= 0.6 is 0 Å². The number of hydrogen-bond acceptors (Lipinski definition) is 1. The van der Waals surface area contributed by atoms with Gasteiger partial charge in [-0.15, -0.1) is 0 Å². The second kappa shape index (κ2) is 5.32. The van der Waals surface area contributed by atoms with Crippen LogP contribution in [0.25, 0.3) is 0 Å². The summed E-state index contributed by atoms with van der Waals surface area (Å²) in [6.07, 6.45) is 2.79. The van der Waals surface area contributed by atoms with Gasteiger partial charge < -0.3 is 0 Å². The summed E-state index contributed by atoms with van der Waals surface area (Å²) < 4.78 is 13.2. The van der Waals surface area contributed by atoms with Gasteiger partial charge in [0.05, 0.1) is 0 Å². The van der Waals surface area contributed by atoms with E-state index in [0.717, 1.165) is 6.42 Å². The number of rotatable bonds is 4. The highest BCUT2D eigenvalue weighted by molar-refractivity contribution is 6.07. The van der Waals surface area contributed by atoms with Gasteiger partial charge >= 0.3 is 0 Å². The fraction of sp³-hybridized carbons (Fsp3) is 0.250. The molecule has 1 aromatic carbocycles. The van der Waals surface area contributed by atoms with Crippen molar-refractivity contribution < 1.29 is 9.18 Å². The maximum atomic E-state index is 13.2. The zero-order valence-corrected chi connectivity index (χ0v) is 8.16. The first kappa shape index (κ1) is 10.6. The van der Waals surface area contributed by atoms with Crippen LogP contribution in [0.3, 0.4) is 0 Å². The van der Waals surface area contributed by atoms with E-state index in [1.165, 1.54) is 6.08 Å². The summed E-state index contributed by atoms with van der Waals surface area (Å²) in [7, 11) is 0. The van der Waals surface area contributed by atoms with Gasteiger partial charge in [-0.2, -0.15) is 0 Å². The van der Waals surface area contributed by atoms with Crippen LogP contribution in [-0.2, 0) is 0 Å². The van der Waals surface area contributed by atoms with Gasteiger partial charge in [0.25, 0.3) is 0 Å². The molecule has 74 valence electrons. The van der Waals surface area contributed by atoms with Crippen LogP contribution in [0.2, 0.25) is 0 Å². The van der Waals surface area contributed by atoms with Crippen molar-refractivity contribution in [1.82, 2.24) is 0 Å². The third-order valence-corrected chi connectivity index (χ3v) is 1.87. The minimum absolute atomic E-state index is 0.400. The highest BCUT2D eigenvalue weighted by Gasteiger charge is 2.09. The highest BCUT2D eigenvalue weighted by atomic mass is 19.1. The third-order valence-electron chi connectivity index (χ3n) is 1.87. The fourth-order valence-electron chi connectivity index (χ4n) is 1.09. The lowest BCUT2D eigenvalue weighted by Gasteiger charge is -1.96. The molecular weight excluding hydrogens is 179 g/mol. The van der Waals surface area contributed by atoms with E-state index in [4.69, 9.17) is 0 Å². The molecular formula is C12H13FO. The van der Waals surface area contributed by atoms with E-state index in [2.05, 4.69) is 0 Å². The van der Waals surface area contributed by atoms with Crippen molar-refractivity contribution in [3.05, 3.63) is 47.8 Å². The summed E-state index contributed by atoms with van der Waals surface area (Å²) in [5, 5.41) is 0. The Morgan fingerprint density at radius 2 is 2.00 bits per heavy atom. The van der Waals surface area contributed by atoms with Gasteiger partial charge in [0.1, 0.15) is 0 Å². The Kier molecular flexibility index (Phi) is 4.05. The van der Waals surface area contributed by atoms with Crippen molar-refractivity contribution in [2.24, 2.45) is 0 Å². The first-order valence-electron chi connectivity index (χ1n) is 4.71. The van der Waals surface area contributed by atoms with E-state index in [1.54, 1.807) is 30.3 Å². The smallest absolute Gasteiger partial charge is 0.221 e. The lowest BCUT2D eigenvalue weighted by Crippen LogP contribution is -1.98. The lowest BCUT2D eigenvalue weighted by molar-refractivity contribution is 0.100. The Balaban J connectivity index is 2.76. The molecule has 0 saturated heterocycles. The first-order chi connectivity index (χ1) is 6.75. The summed E-state index contributed by atoms with van der Waals surface area (Å²) in [5.41, 5.74) is 0.400. The zero-order chi connectivity index (χ0) is 10.4. The van der Waals surface area contributed by atoms with Crippen LogP contribution in [0.4, 0.5) is 4.39 Å². The molecule has 0 atom stereocenters. The highest BCUT2D eigenvalue weighted by Crippen LogP contribution is 2.10. The molecule has 0 saturated carbocycles. The molecule has 1 rings (SSSR count). The second-order valence-electron chi connectivity index (χ2n) is 3.04. The minimum atomic E-state index is -0.655. The lowest BCUT2D eigenvalue weighted by atomic mass is 10.1. The van der Waals surface area contributed by atoms with E-state index in [9.17, 15) is 9.18 Å². The maximum absolute atomic E-state index is 13.2. The van der Waals surface area contributed by atoms with Crippen LogP contribution in [0.1, 0.15) is 30.1 Å². The van der Waals surface area contributed by atoms with Gasteiger partial charge in [-0.25, -0.2) is 4.39 Å². The molecule has 0 bridgehead atoms. The quantitative estimate of drug-likeness (QED) is 0.527. The van der Waals surface area contributed by atoms with Crippen molar-refractivity contribution in [2.75, 3.05) is 0 Å². The molecule has 0 heterocycles. The minimum Gasteiger partial charge on any atom is -0.286 e. The summed E-state index contributed by atoms with van der Waals surface area (Å²) in [4.78, 5) is 11.4. The average molecular weight is 192 g/mol. The molecule has 0 aliphatic rings. The monoisotopic (exact) mass is 192 g/mol. The summed E-state index contributed by atoms with van der Waals surface area (Å²) >= 11 is 0. The Bertz CT molecular complexity index is 327. The summed E-state index contributed by atoms with van der Waals surface area (Å²) in [5.74, 6) is -1.18. The Labute approximate surface area is 83.3 Å². The van der Waals surface area contributed by atoms with Gasteiger partial charge in [0.15, 0.2) is 5.83 Å². The molecule has 0 aliphatic heterocycles. The zero-order valence-electron chi connectivity index (χ0n) is 8.16. The molecule has 0 aromatic heterocycles. The second-order valence-corrected chi connectivity index (χ2v) is 3.04. The van der Waals surface area contributed by atoms with Gasteiger partial charge in [0, 0.05) is 5.56 Å². The first-order valence-corrected chi connectivity index (χ1v) is 4.71.